The second kappa shape index (κ2) is 6.42. The number of hydrogen-bond acceptors (Lipinski definition) is 4. The van der Waals surface area contributed by atoms with Crippen LogP contribution in [0.4, 0.5) is 0 Å². The summed E-state index contributed by atoms with van der Waals surface area (Å²) < 4.78 is 10.0. The van der Waals surface area contributed by atoms with E-state index in [-0.39, 0.29) is 16.7 Å². The largest absolute Gasteiger partial charge is 0.511 e. The molecule has 0 saturated heterocycles. The number of carbonyl (C=O) groups excluding carboxylic acids is 1. The van der Waals surface area contributed by atoms with Gasteiger partial charge in [0, 0.05) is 18.3 Å². The molecule has 2 aliphatic rings. The van der Waals surface area contributed by atoms with E-state index in [2.05, 4.69) is 19.9 Å². The van der Waals surface area contributed by atoms with Crippen LogP contribution < -0.4 is 0 Å². The molecule has 0 amide bonds. The van der Waals surface area contributed by atoms with E-state index in [1.54, 1.807) is 13.2 Å². The molecule has 0 aromatic rings. The smallest absolute Gasteiger partial charge is 0.341 e. The first-order valence-corrected chi connectivity index (χ1v) is 7.55. The molecule has 0 atom stereocenters. The molecule has 0 saturated carbocycles. The third kappa shape index (κ3) is 3.11. The van der Waals surface area contributed by atoms with Crippen LogP contribution >= 0.6 is 0 Å². The first-order valence-electron chi connectivity index (χ1n) is 7.55. The third-order valence-corrected chi connectivity index (χ3v) is 4.64. The molecule has 1 N–H and O–H groups in total. The topological polar surface area (TPSA) is 55.8 Å². The van der Waals surface area contributed by atoms with Crippen molar-refractivity contribution in [1.29, 1.82) is 0 Å². The van der Waals surface area contributed by atoms with Gasteiger partial charge < -0.3 is 14.6 Å². The van der Waals surface area contributed by atoms with Crippen molar-refractivity contribution in [2.24, 2.45) is 5.41 Å². The van der Waals surface area contributed by atoms with Crippen LogP contribution in [0.1, 0.15) is 39.5 Å². The fourth-order valence-corrected chi connectivity index (χ4v) is 3.01. The molecular formula is C18H24O4. The van der Waals surface area contributed by atoms with E-state index in [1.807, 2.05) is 6.08 Å². The van der Waals surface area contributed by atoms with E-state index in [0.29, 0.717) is 6.42 Å². The number of allylic oxidation sites excluding steroid dienone is 6. The molecule has 4 nitrogen and oxygen atoms in total. The van der Waals surface area contributed by atoms with Crippen LogP contribution in [0, 0.1) is 5.41 Å². The Balaban J connectivity index is 2.32. The number of ether oxygens (including phenoxy) is 2. The molecule has 4 heteroatoms. The van der Waals surface area contributed by atoms with E-state index in [1.165, 1.54) is 12.7 Å². The summed E-state index contributed by atoms with van der Waals surface area (Å²) >= 11 is 0. The van der Waals surface area contributed by atoms with Gasteiger partial charge in [0.05, 0.1) is 25.6 Å². The molecule has 0 heterocycles. The fourth-order valence-electron chi connectivity index (χ4n) is 3.01. The highest BCUT2D eigenvalue weighted by Gasteiger charge is 2.32. The number of aliphatic hydroxyl groups is 1. The lowest BCUT2D eigenvalue weighted by Crippen LogP contribution is -2.23. The van der Waals surface area contributed by atoms with E-state index >= 15 is 0 Å². The summed E-state index contributed by atoms with van der Waals surface area (Å²) in [6.07, 6.45) is 8.97. The van der Waals surface area contributed by atoms with Gasteiger partial charge in [0.2, 0.25) is 0 Å². The maximum absolute atomic E-state index is 11.8. The maximum atomic E-state index is 11.8. The molecule has 0 aromatic heterocycles. The van der Waals surface area contributed by atoms with Crippen molar-refractivity contribution in [1.82, 2.24) is 0 Å². The second-order valence-electron chi connectivity index (χ2n) is 6.18. The Kier molecular flexibility index (Phi) is 4.79. The van der Waals surface area contributed by atoms with Gasteiger partial charge in [-0.1, -0.05) is 31.1 Å². The van der Waals surface area contributed by atoms with Crippen LogP contribution in [0.15, 0.2) is 46.5 Å². The van der Waals surface area contributed by atoms with Crippen molar-refractivity contribution in [3.8, 4) is 0 Å². The average Bonchev–Trinajstić information content (AvgIpc) is 2.54. The molecule has 2 aliphatic carbocycles. The standard InChI is InChI=1S/C18H24O4/c1-18(2,12-5-8-14(21-3)9-6-12)13-7-10-16(19)15(11-13)17(20)22-4/h5,8,11,19H,6-7,9-10H2,1-4H3. The Morgan fingerprint density at radius 2 is 1.77 bits per heavy atom. The van der Waals surface area contributed by atoms with E-state index in [4.69, 9.17) is 9.47 Å². The summed E-state index contributed by atoms with van der Waals surface area (Å²) in [5, 5.41) is 9.92. The minimum atomic E-state index is -0.482. The second-order valence-corrected chi connectivity index (χ2v) is 6.18. The predicted octanol–water partition coefficient (Wildman–Crippen LogP) is 3.97. The zero-order valence-electron chi connectivity index (χ0n) is 13.7. The van der Waals surface area contributed by atoms with Gasteiger partial charge in [0.1, 0.15) is 5.76 Å². The quantitative estimate of drug-likeness (QED) is 0.798. The summed E-state index contributed by atoms with van der Waals surface area (Å²) in [5.41, 5.74) is 2.58. The first-order chi connectivity index (χ1) is 10.4. The van der Waals surface area contributed by atoms with E-state index in [0.717, 1.165) is 30.6 Å². The monoisotopic (exact) mass is 304 g/mol. The van der Waals surface area contributed by atoms with Gasteiger partial charge >= 0.3 is 5.97 Å². The van der Waals surface area contributed by atoms with Crippen molar-refractivity contribution in [2.75, 3.05) is 14.2 Å². The van der Waals surface area contributed by atoms with Gasteiger partial charge in [-0.25, -0.2) is 4.79 Å². The minimum absolute atomic E-state index is 0.116. The lowest BCUT2D eigenvalue weighted by atomic mass is 9.71. The molecule has 2 rings (SSSR count). The van der Waals surface area contributed by atoms with Crippen molar-refractivity contribution in [3.63, 3.8) is 0 Å². The lowest BCUT2D eigenvalue weighted by Gasteiger charge is -2.34. The summed E-state index contributed by atoms with van der Waals surface area (Å²) in [6.45, 7) is 4.32. The summed E-state index contributed by atoms with van der Waals surface area (Å²) in [6, 6.07) is 0. The van der Waals surface area contributed by atoms with Crippen molar-refractivity contribution < 1.29 is 19.4 Å². The SMILES string of the molecule is COC(=O)C1=C(O)CCC(C(C)(C)C2=CC=C(OC)CC2)=C1. The Morgan fingerprint density at radius 1 is 1.09 bits per heavy atom. The third-order valence-electron chi connectivity index (χ3n) is 4.64. The van der Waals surface area contributed by atoms with E-state index < -0.39 is 5.97 Å². The zero-order chi connectivity index (χ0) is 16.3. The Bertz CT molecular complexity index is 588. The van der Waals surface area contributed by atoms with Gasteiger partial charge in [-0.15, -0.1) is 0 Å². The summed E-state index contributed by atoms with van der Waals surface area (Å²) in [7, 11) is 3.02. The van der Waals surface area contributed by atoms with Crippen LogP contribution in [0.5, 0.6) is 0 Å². The van der Waals surface area contributed by atoms with Crippen molar-refractivity contribution in [2.45, 2.75) is 39.5 Å². The number of aliphatic hydroxyl groups excluding tert-OH is 1. The molecule has 0 fully saturated rings. The highest BCUT2D eigenvalue weighted by atomic mass is 16.5. The van der Waals surface area contributed by atoms with Crippen molar-refractivity contribution in [3.05, 3.63) is 46.5 Å². The number of hydrogen-bond donors (Lipinski definition) is 1. The Hall–Kier alpha value is -1.97. The molecule has 0 unspecified atom stereocenters. The van der Waals surface area contributed by atoms with Crippen molar-refractivity contribution >= 4 is 5.97 Å². The molecule has 0 bridgehead atoms. The summed E-state index contributed by atoms with van der Waals surface area (Å²) in [5.74, 6) is 0.625. The lowest BCUT2D eigenvalue weighted by molar-refractivity contribution is -0.136. The number of methoxy groups -OCH3 is 2. The number of carbonyl (C=O) groups is 1. The molecule has 22 heavy (non-hydrogen) atoms. The predicted molar refractivity (Wildman–Crippen MR) is 85.2 cm³/mol. The zero-order valence-corrected chi connectivity index (χ0v) is 13.7. The highest BCUT2D eigenvalue weighted by Crippen LogP contribution is 2.44. The van der Waals surface area contributed by atoms with Gasteiger partial charge in [-0.3, -0.25) is 0 Å². The molecule has 120 valence electrons. The normalized spacial score (nSPS) is 19.2. The molecule has 0 aliphatic heterocycles. The van der Waals surface area contributed by atoms with Crippen LogP contribution in [-0.4, -0.2) is 25.3 Å². The molecule has 0 radical (unpaired) electrons. The average molecular weight is 304 g/mol. The van der Waals surface area contributed by atoms with Crippen LogP contribution in [0.3, 0.4) is 0 Å². The van der Waals surface area contributed by atoms with Gasteiger partial charge in [-0.05, 0) is 25.0 Å². The van der Waals surface area contributed by atoms with Crippen LogP contribution in [-0.2, 0) is 14.3 Å². The fraction of sp³-hybridized carbons (Fsp3) is 0.500. The minimum Gasteiger partial charge on any atom is -0.511 e. The van der Waals surface area contributed by atoms with Gasteiger partial charge in [0.25, 0.3) is 0 Å². The molecule has 0 spiro atoms. The van der Waals surface area contributed by atoms with E-state index in [9.17, 15) is 9.90 Å². The maximum Gasteiger partial charge on any atom is 0.341 e. The van der Waals surface area contributed by atoms with Gasteiger partial charge in [-0.2, -0.15) is 0 Å². The number of rotatable bonds is 4. The molecular weight excluding hydrogens is 280 g/mol. The highest BCUT2D eigenvalue weighted by molar-refractivity contribution is 5.92. The van der Waals surface area contributed by atoms with Crippen LogP contribution in [0.2, 0.25) is 0 Å². The number of esters is 1. The Labute approximate surface area is 131 Å². The summed E-state index contributed by atoms with van der Waals surface area (Å²) in [4.78, 5) is 11.8. The first kappa shape index (κ1) is 16.4. The van der Waals surface area contributed by atoms with Crippen LogP contribution in [0.25, 0.3) is 0 Å². The van der Waals surface area contributed by atoms with Gasteiger partial charge in [0.15, 0.2) is 0 Å². The molecule has 0 aromatic carbocycles. The Morgan fingerprint density at radius 3 is 2.32 bits per heavy atom.